The molecule has 0 saturated heterocycles. The topological polar surface area (TPSA) is 61.2 Å². The van der Waals surface area contributed by atoms with Crippen LogP contribution in [0.25, 0.3) is 5.69 Å². The van der Waals surface area contributed by atoms with Crippen molar-refractivity contribution in [3.63, 3.8) is 0 Å². The van der Waals surface area contributed by atoms with Crippen LogP contribution in [0.4, 0.5) is 13.2 Å². The largest absolute Gasteiger partial charge is 0.464 e. The number of carbonyl (C=O) groups excluding carboxylic acids is 1. The maximum absolute atomic E-state index is 13.7. The fourth-order valence-electron chi connectivity index (χ4n) is 1.66. The zero-order valence-corrected chi connectivity index (χ0v) is 11.0. The molecule has 0 saturated carbocycles. The van der Waals surface area contributed by atoms with Crippen LogP contribution in [0.5, 0.6) is 0 Å². The van der Waals surface area contributed by atoms with Gasteiger partial charge in [0, 0.05) is 11.8 Å². The second-order valence-electron chi connectivity index (χ2n) is 4.12. The molecule has 0 aliphatic carbocycles. The average Bonchev–Trinajstić information content (AvgIpc) is 2.47. The van der Waals surface area contributed by atoms with Gasteiger partial charge >= 0.3 is 5.97 Å². The van der Waals surface area contributed by atoms with Crippen molar-refractivity contribution >= 4 is 5.97 Å². The first-order valence-corrected chi connectivity index (χ1v) is 5.69. The smallest absolute Gasteiger partial charge is 0.362 e. The summed E-state index contributed by atoms with van der Waals surface area (Å²) in [5.41, 5.74) is -1.65. The van der Waals surface area contributed by atoms with Crippen LogP contribution in [0.1, 0.15) is 16.1 Å². The second-order valence-corrected chi connectivity index (χ2v) is 4.12. The first-order chi connectivity index (χ1) is 9.86. The monoisotopic (exact) mass is 298 g/mol. The Balaban J connectivity index is 2.71. The number of aryl methyl sites for hydroxylation is 1. The SMILES string of the molecule is COC(=O)c1nn(-c2ccc(F)c(F)c2F)cc(C)c1=O. The Morgan fingerprint density at radius 1 is 1.24 bits per heavy atom. The van der Waals surface area contributed by atoms with E-state index in [-0.39, 0.29) is 5.56 Å². The van der Waals surface area contributed by atoms with Crippen LogP contribution in [-0.2, 0) is 4.74 Å². The van der Waals surface area contributed by atoms with Gasteiger partial charge in [0.05, 0.1) is 7.11 Å². The highest BCUT2D eigenvalue weighted by Gasteiger charge is 2.19. The van der Waals surface area contributed by atoms with E-state index in [0.717, 1.165) is 24.1 Å². The number of hydrogen-bond acceptors (Lipinski definition) is 4. The molecule has 21 heavy (non-hydrogen) atoms. The molecular weight excluding hydrogens is 289 g/mol. The summed E-state index contributed by atoms with van der Waals surface area (Å²) in [7, 11) is 1.05. The normalized spacial score (nSPS) is 10.5. The third kappa shape index (κ3) is 2.51. The minimum atomic E-state index is -1.68. The van der Waals surface area contributed by atoms with Crippen molar-refractivity contribution in [1.82, 2.24) is 9.78 Å². The highest BCUT2D eigenvalue weighted by Crippen LogP contribution is 2.18. The zero-order valence-electron chi connectivity index (χ0n) is 11.0. The molecule has 110 valence electrons. The second kappa shape index (κ2) is 5.39. The minimum Gasteiger partial charge on any atom is -0.464 e. The van der Waals surface area contributed by atoms with Crippen molar-refractivity contribution in [3.05, 3.63) is 57.3 Å². The van der Waals surface area contributed by atoms with Gasteiger partial charge in [-0.25, -0.2) is 22.6 Å². The number of ether oxygens (including phenoxy) is 1. The molecule has 5 nitrogen and oxygen atoms in total. The third-order valence-electron chi connectivity index (χ3n) is 2.74. The van der Waals surface area contributed by atoms with E-state index in [1.807, 2.05) is 0 Å². The number of esters is 1. The van der Waals surface area contributed by atoms with Gasteiger partial charge in [0.1, 0.15) is 5.69 Å². The summed E-state index contributed by atoms with van der Waals surface area (Å²) < 4.78 is 45.0. The molecule has 0 amide bonds. The van der Waals surface area contributed by atoms with Crippen LogP contribution in [0.3, 0.4) is 0 Å². The van der Waals surface area contributed by atoms with E-state index in [0.29, 0.717) is 6.07 Å². The standard InChI is InChI=1S/C13H9F3N2O3/c1-6-5-18(17-11(12(6)19)13(20)21-2)8-4-3-7(14)9(15)10(8)16/h3-5H,1-2H3. The molecule has 2 aromatic rings. The van der Waals surface area contributed by atoms with E-state index < -0.39 is 40.2 Å². The predicted octanol–water partition coefficient (Wildman–Crippen LogP) is 1.74. The summed E-state index contributed by atoms with van der Waals surface area (Å²) in [6.07, 6.45) is 1.10. The van der Waals surface area contributed by atoms with Crippen LogP contribution in [0.15, 0.2) is 23.1 Å². The fraction of sp³-hybridized carbons (Fsp3) is 0.154. The van der Waals surface area contributed by atoms with Gasteiger partial charge < -0.3 is 4.74 Å². The molecule has 0 unspecified atom stereocenters. The van der Waals surface area contributed by atoms with Gasteiger partial charge in [-0.15, -0.1) is 0 Å². The molecule has 0 atom stereocenters. The molecule has 0 bridgehead atoms. The number of aromatic nitrogens is 2. The zero-order chi connectivity index (χ0) is 15.7. The molecular formula is C13H9F3N2O3. The average molecular weight is 298 g/mol. The van der Waals surface area contributed by atoms with Gasteiger partial charge in [-0.3, -0.25) is 4.79 Å². The number of carbonyl (C=O) groups is 1. The lowest BCUT2D eigenvalue weighted by atomic mass is 10.2. The lowest BCUT2D eigenvalue weighted by molar-refractivity contribution is 0.0590. The van der Waals surface area contributed by atoms with Crippen molar-refractivity contribution in [2.45, 2.75) is 6.92 Å². The quantitative estimate of drug-likeness (QED) is 0.626. The first-order valence-electron chi connectivity index (χ1n) is 5.69. The molecule has 0 aliphatic rings. The number of methoxy groups -OCH3 is 1. The third-order valence-corrected chi connectivity index (χ3v) is 2.74. The van der Waals surface area contributed by atoms with Crippen LogP contribution in [0, 0.1) is 24.4 Å². The predicted molar refractivity (Wildman–Crippen MR) is 65.8 cm³/mol. The van der Waals surface area contributed by atoms with Gasteiger partial charge in [0.15, 0.2) is 17.5 Å². The summed E-state index contributed by atoms with van der Waals surface area (Å²) >= 11 is 0. The Bertz CT molecular complexity index is 787. The number of rotatable bonds is 2. The maximum atomic E-state index is 13.7. The maximum Gasteiger partial charge on any atom is 0.362 e. The van der Waals surface area contributed by atoms with Crippen molar-refractivity contribution in [2.75, 3.05) is 7.11 Å². The molecule has 0 N–H and O–H groups in total. The Hall–Kier alpha value is -2.64. The van der Waals surface area contributed by atoms with Crippen molar-refractivity contribution in [2.24, 2.45) is 0 Å². The molecule has 0 radical (unpaired) electrons. The molecule has 1 aromatic carbocycles. The lowest BCUT2D eigenvalue weighted by Crippen LogP contribution is -2.24. The number of hydrogen-bond donors (Lipinski definition) is 0. The number of benzene rings is 1. The summed E-state index contributed by atoms with van der Waals surface area (Å²) in [4.78, 5) is 23.2. The Morgan fingerprint density at radius 2 is 1.90 bits per heavy atom. The van der Waals surface area contributed by atoms with Gasteiger partial charge in [-0.1, -0.05) is 0 Å². The molecule has 1 aromatic heterocycles. The minimum absolute atomic E-state index is 0.0644. The molecule has 0 aliphatic heterocycles. The molecule has 2 rings (SSSR count). The summed E-state index contributed by atoms with van der Waals surface area (Å²) in [5, 5.41) is 3.61. The van der Waals surface area contributed by atoms with Crippen LogP contribution < -0.4 is 5.43 Å². The van der Waals surface area contributed by atoms with E-state index >= 15 is 0 Å². The fourth-order valence-corrected chi connectivity index (χ4v) is 1.66. The molecule has 0 spiro atoms. The van der Waals surface area contributed by atoms with E-state index in [9.17, 15) is 22.8 Å². The Kier molecular flexibility index (Phi) is 3.79. The van der Waals surface area contributed by atoms with Crippen LogP contribution in [-0.4, -0.2) is 22.9 Å². The summed E-state index contributed by atoms with van der Waals surface area (Å²) in [6.45, 7) is 1.37. The molecule has 0 fully saturated rings. The van der Waals surface area contributed by atoms with E-state index in [4.69, 9.17) is 0 Å². The highest BCUT2D eigenvalue weighted by molar-refractivity contribution is 5.87. The van der Waals surface area contributed by atoms with Crippen LogP contribution >= 0.6 is 0 Å². The van der Waals surface area contributed by atoms with Crippen LogP contribution in [0.2, 0.25) is 0 Å². The molecule has 8 heteroatoms. The molecule has 1 heterocycles. The van der Waals surface area contributed by atoms with Gasteiger partial charge in [-0.2, -0.15) is 5.10 Å². The number of halogens is 3. The van der Waals surface area contributed by atoms with Gasteiger partial charge in [0.2, 0.25) is 11.1 Å². The van der Waals surface area contributed by atoms with Crippen molar-refractivity contribution in [1.29, 1.82) is 0 Å². The van der Waals surface area contributed by atoms with Crippen molar-refractivity contribution in [3.8, 4) is 5.69 Å². The summed E-state index contributed by atoms with van der Waals surface area (Å²) in [5.74, 6) is -5.53. The number of nitrogens with zero attached hydrogens (tertiary/aromatic N) is 2. The van der Waals surface area contributed by atoms with Gasteiger partial charge in [-0.05, 0) is 19.1 Å². The van der Waals surface area contributed by atoms with E-state index in [2.05, 4.69) is 9.84 Å². The first kappa shape index (κ1) is 14.8. The van der Waals surface area contributed by atoms with E-state index in [1.54, 1.807) is 0 Å². The Labute approximate surface area is 116 Å². The van der Waals surface area contributed by atoms with E-state index in [1.165, 1.54) is 6.92 Å². The Morgan fingerprint density at radius 3 is 2.52 bits per heavy atom. The lowest BCUT2D eigenvalue weighted by Gasteiger charge is -2.10. The van der Waals surface area contributed by atoms with Crippen molar-refractivity contribution < 1.29 is 22.7 Å². The van der Waals surface area contributed by atoms with Gasteiger partial charge in [0.25, 0.3) is 0 Å². The summed E-state index contributed by atoms with van der Waals surface area (Å²) in [6, 6.07) is 1.65. The highest BCUT2D eigenvalue weighted by atomic mass is 19.2.